The molecule has 1 fully saturated rings. The molecule has 1 aliphatic rings. The molecule has 5 heteroatoms. The van der Waals surface area contributed by atoms with Crippen LogP contribution in [0.3, 0.4) is 0 Å². The molecule has 1 saturated heterocycles. The first kappa shape index (κ1) is 14.8. The van der Waals surface area contributed by atoms with E-state index in [1.807, 2.05) is 6.92 Å². The van der Waals surface area contributed by atoms with Crippen LogP contribution in [0.1, 0.15) is 18.9 Å². The van der Waals surface area contributed by atoms with Crippen molar-refractivity contribution in [1.82, 2.24) is 10.2 Å². The van der Waals surface area contributed by atoms with Crippen LogP contribution >= 0.6 is 0 Å². The van der Waals surface area contributed by atoms with Crippen LogP contribution in [0.15, 0.2) is 18.2 Å². The molecule has 0 spiro atoms. The molecule has 1 heterocycles. The number of nitrogens with zero attached hydrogens (tertiary/aromatic N) is 1. The van der Waals surface area contributed by atoms with E-state index in [-0.39, 0.29) is 17.1 Å². The zero-order valence-electron chi connectivity index (χ0n) is 12.2. The second kappa shape index (κ2) is 5.79. The van der Waals surface area contributed by atoms with Gasteiger partial charge in [-0.05, 0) is 37.6 Å². The molecule has 0 aromatic heterocycles. The monoisotopic (exact) mass is 280 g/mol. The lowest BCUT2D eigenvalue weighted by atomic mass is 9.88. The standard InChI is InChI=1S/C15H21FN2O2/c1-15(6-7-17-10-15)14(19)18(2)9-11-4-5-13(20-3)12(16)8-11/h4-5,8,17H,6-7,9-10H2,1-3H3/t15-/m0/s1. The fourth-order valence-electron chi connectivity index (χ4n) is 2.61. The Morgan fingerprint density at radius 1 is 1.55 bits per heavy atom. The van der Waals surface area contributed by atoms with Crippen LogP contribution in [0.4, 0.5) is 4.39 Å². The van der Waals surface area contributed by atoms with Gasteiger partial charge in [0.1, 0.15) is 0 Å². The summed E-state index contributed by atoms with van der Waals surface area (Å²) in [6.45, 7) is 3.94. The summed E-state index contributed by atoms with van der Waals surface area (Å²) in [5.41, 5.74) is 0.411. The van der Waals surface area contributed by atoms with Crippen LogP contribution < -0.4 is 10.1 Å². The number of hydrogen-bond acceptors (Lipinski definition) is 3. The quantitative estimate of drug-likeness (QED) is 0.914. The number of amides is 1. The summed E-state index contributed by atoms with van der Waals surface area (Å²) in [4.78, 5) is 14.1. The Bertz CT molecular complexity index is 499. The number of halogens is 1. The van der Waals surface area contributed by atoms with Crippen molar-refractivity contribution >= 4 is 5.91 Å². The third-order valence-electron chi connectivity index (χ3n) is 3.87. The van der Waals surface area contributed by atoms with Gasteiger partial charge >= 0.3 is 0 Å². The summed E-state index contributed by atoms with van der Waals surface area (Å²) in [6, 6.07) is 4.78. The molecule has 1 N–H and O–H groups in total. The number of methoxy groups -OCH3 is 1. The Kier molecular flexibility index (Phi) is 4.28. The van der Waals surface area contributed by atoms with Gasteiger partial charge in [-0.3, -0.25) is 4.79 Å². The first-order valence-electron chi connectivity index (χ1n) is 6.75. The van der Waals surface area contributed by atoms with Crippen LogP contribution in [0.25, 0.3) is 0 Å². The molecule has 0 unspecified atom stereocenters. The van der Waals surface area contributed by atoms with Crippen molar-refractivity contribution < 1.29 is 13.9 Å². The van der Waals surface area contributed by atoms with Crippen molar-refractivity contribution in [2.75, 3.05) is 27.2 Å². The third-order valence-corrected chi connectivity index (χ3v) is 3.87. The Morgan fingerprint density at radius 3 is 2.85 bits per heavy atom. The second-order valence-corrected chi connectivity index (χ2v) is 5.62. The fourth-order valence-corrected chi connectivity index (χ4v) is 2.61. The van der Waals surface area contributed by atoms with Crippen molar-refractivity contribution in [1.29, 1.82) is 0 Å². The van der Waals surface area contributed by atoms with E-state index in [0.717, 1.165) is 18.5 Å². The number of hydrogen-bond donors (Lipinski definition) is 1. The Hall–Kier alpha value is -1.62. The lowest BCUT2D eigenvalue weighted by molar-refractivity contribution is -0.139. The predicted molar refractivity (Wildman–Crippen MR) is 75.0 cm³/mol. The molecule has 0 aliphatic carbocycles. The molecule has 110 valence electrons. The first-order chi connectivity index (χ1) is 9.46. The molecule has 20 heavy (non-hydrogen) atoms. The molecule has 1 atom stereocenters. The number of carbonyl (C=O) groups excluding carboxylic acids is 1. The molecule has 4 nitrogen and oxygen atoms in total. The lowest BCUT2D eigenvalue weighted by Crippen LogP contribution is -2.41. The number of carbonyl (C=O) groups is 1. The summed E-state index contributed by atoms with van der Waals surface area (Å²) in [5, 5.41) is 3.21. The predicted octanol–water partition coefficient (Wildman–Crippen LogP) is 1.79. The number of rotatable bonds is 4. The molecule has 0 radical (unpaired) electrons. The van der Waals surface area contributed by atoms with Gasteiger partial charge in [-0.25, -0.2) is 4.39 Å². The molecular weight excluding hydrogens is 259 g/mol. The minimum absolute atomic E-state index is 0.0960. The van der Waals surface area contributed by atoms with Crippen LogP contribution in [-0.4, -0.2) is 38.1 Å². The highest BCUT2D eigenvalue weighted by molar-refractivity contribution is 5.82. The zero-order chi connectivity index (χ0) is 14.8. The van der Waals surface area contributed by atoms with Gasteiger partial charge in [-0.1, -0.05) is 6.07 Å². The lowest BCUT2D eigenvalue weighted by Gasteiger charge is -2.28. The van der Waals surface area contributed by atoms with Gasteiger partial charge in [0.05, 0.1) is 12.5 Å². The zero-order valence-corrected chi connectivity index (χ0v) is 12.2. The average molecular weight is 280 g/mol. The smallest absolute Gasteiger partial charge is 0.229 e. The Morgan fingerprint density at radius 2 is 2.30 bits per heavy atom. The molecule has 0 bridgehead atoms. The summed E-state index contributed by atoms with van der Waals surface area (Å²) < 4.78 is 18.5. The average Bonchev–Trinajstić information content (AvgIpc) is 2.86. The largest absolute Gasteiger partial charge is 0.494 e. The van der Waals surface area contributed by atoms with Crippen LogP contribution in [0, 0.1) is 11.2 Å². The first-order valence-corrected chi connectivity index (χ1v) is 6.75. The van der Waals surface area contributed by atoms with Crippen molar-refractivity contribution in [2.45, 2.75) is 19.9 Å². The molecular formula is C15H21FN2O2. The van der Waals surface area contributed by atoms with Crippen LogP contribution in [0.2, 0.25) is 0 Å². The highest BCUT2D eigenvalue weighted by Crippen LogP contribution is 2.27. The van der Waals surface area contributed by atoms with E-state index < -0.39 is 5.82 Å². The minimum Gasteiger partial charge on any atom is -0.494 e. The normalized spacial score (nSPS) is 21.8. The topological polar surface area (TPSA) is 41.6 Å². The summed E-state index contributed by atoms with van der Waals surface area (Å²) in [5.74, 6) is -0.0898. The van der Waals surface area contributed by atoms with E-state index >= 15 is 0 Å². The van der Waals surface area contributed by atoms with Gasteiger partial charge in [-0.15, -0.1) is 0 Å². The van der Waals surface area contributed by atoms with Gasteiger partial charge in [-0.2, -0.15) is 0 Å². The highest BCUT2D eigenvalue weighted by atomic mass is 19.1. The van der Waals surface area contributed by atoms with E-state index in [2.05, 4.69) is 5.32 Å². The molecule has 1 aromatic rings. The van der Waals surface area contributed by atoms with Crippen molar-refractivity contribution in [3.8, 4) is 5.75 Å². The summed E-state index contributed by atoms with van der Waals surface area (Å²) in [6.07, 6.45) is 0.840. The van der Waals surface area contributed by atoms with E-state index in [4.69, 9.17) is 4.74 Å². The summed E-state index contributed by atoms with van der Waals surface area (Å²) in [7, 11) is 3.19. The van der Waals surface area contributed by atoms with E-state index in [1.165, 1.54) is 13.2 Å². The minimum atomic E-state index is -0.403. The Labute approximate surface area is 118 Å². The molecule has 0 saturated carbocycles. The maximum atomic E-state index is 13.6. The van der Waals surface area contributed by atoms with Crippen molar-refractivity contribution in [3.63, 3.8) is 0 Å². The third kappa shape index (κ3) is 2.93. The van der Waals surface area contributed by atoms with E-state index in [9.17, 15) is 9.18 Å². The SMILES string of the molecule is COc1ccc(CN(C)C(=O)[C@@]2(C)CCNC2)cc1F. The van der Waals surface area contributed by atoms with Gasteiger partial charge in [0.15, 0.2) is 11.6 Å². The molecule has 1 amide bonds. The summed E-state index contributed by atoms with van der Waals surface area (Å²) >= 11 is 0. The number of ether oxygens (including phenoxy) is 1. The maximum Gasteiger partial charge on any atom is 0.229 e. The van der Waals surface area contributed by atoms with Gasteiger partial charge in [0.25, 0.3) is 0 Å². The van der Waals surface area contributed by atoms with Crippen molar-refractivity contribution in [3.05, 3.63) is 29.6 Å². The number of benzene rings is 1. The molecule has 1 aliphatic heterocycles. The fraction of sp³-hybridized carbons (Fsp3) is 0.533. The molecule has 1 aromatic carbocycles. The Balaban J connectivity index is 2.05. The van der Waals surface area contributed by atoms with Gasteiger partial charge < -0.3 is 15.0 Å². The van der Waals surface area contributed by atoms with E-state index in [1.54, 1.807) is 24.1 Å². The van der Waals surface area contributed by atoms with Crippen molar-refractivity contribution in [2.24, 2.45) is 5.41 Å². The maximum absolute atomic E-state index is 13.6. The second-order valence-electron chi connectivity index (χ2n) is 5.62. The van der Waals surface area contributed by atoms with E-state index in [0.29, 0.717) is 13.1 Å². The number of nitrogens with one attached hydrogen (secondary N) is 1. The highest BCUT2D eigenvalue weighted by Gasteiger charge is 2.38. The molecule has 2 rings (SSSR count). The van der Waals surface area contributed by atoms with Gasteiger partial charge in [0.2, 0.25) is 5.91 Å². The van der Waals surface area contributed by atoms with Crippen LogP contribution in [0.5, 0.6) is 5.75 Å². The van der Waals surface area contributed by atoms with Crippen LogP contribution in [-0.2, 0) is 11.3 Å². The van der Waals surface area contributed by atoms with Gasteiger partial charge in [0, 0.05) is 20.1 Å².